The Hall–Kier alpha value is -1.66. The summed E-state index contributed by atoms with van der Waals surface area (Å²) >= 11 is 0. The fourth-order valence-corrected chi connectivity index (χ4v) is 12.0. The molecule has 0 aliphatic carbocycles. The second kappa shape index (κ2) is 71.8. The SMILES string of the molecule is CCCC/C=C\CCCCCCCC(=O)OCCCCCCCCCCCCCCCCCCCCCCCCCCCCCCCCCCCC(=O)NC(CO)C(O)/C=C/CCCCCCCCCCCCCCCCCCCCC. The molecule has 3 N–H and O–H groups in total. The molecule has 82 heavy (non-hydrogen) atoms. The summed E-state index contributed by atoms with van der Waals surface area (Å²) < 4.78 is 5.47. The second-order valence-corrected chi connectivity index (χ2v) is 26.0. The van der Waals surface area contributed by atoms with Crippen LogP contribution in [0.2, 0.25) is 0 Å². The number of hydrogen-bond acceptors (Lipinski definition) is 5. The topological polar surface area (TPSA) is 95.9 Å². The quantitative estimate of drug-likeness (QED) is 0.0320. The van der Waals surface area contributed by atoms with Crippen LogP contribution in [0.15, 0.2) is 24.3 Å². The van der Waals surface area contributed by atoms with Gasteiger partial charge in [0.05, 0.1) is 25.4 Å². The van der Waals surface area contributed by atoms with Crippen molar-refractivity contribution in [3.63, 3.8) is 0 Å². The van der Waals surface area contributed by atoms with Gasteiger partial charge in [-0.15, -0.1) is 0 Å². The lowest BCUT2D eigenvalue weighted by Gasteiger charge is -2.20. The van der Waals surface area contributed by atoms with Crippen molar-refractivity contribution in [2.45, 2.75) is 437 Å². The van der Waals surface area contributed by atoms with Crippen molar-refractivity contribution in [2.24, 2.45) is 0 Å². The number of unbranched alkanes of at least 4 members (excludes halogenated alkanes) is 58. The van der Waals surface area contributed by atoms with Gasteiger partial charge in [-0.25, -0.2) is 0 Å². The van der Waals surface area contributed by atoms with Gasteiger partial charge in [-0.3, -0.25) is 9.59 Å². The number of allylic oxidation sites excluding steroid dienone is 3. The summed E-state index contributed by atoms with van der Waals surface area (Å²) in [5.41, 5.74) is 0. The first-order chi connectivity index (χ1) is 40.5. The van der Waals surface area contributed by atoms with E-state index in [1.807, 2.05) is 6.08 Å². The van der Waals surface area contributed by atoms with E-state index < -0.39 is 12.1 Å². The Bertz CT molecular complexity index is 1280. The molecule has 0 aromatic heterocycles. The normalized spacial score (nSPS) is 12.6. The summed E-state index contributed by atoms with van der Waals surface area (Å²) in [6.07, 6.45) is 91.5. The van der Waals surface area contributed by atoms with E-state index in [1.165, 1.54) is 353 Å². The van der Waals surface area contributed by atoms with E-state index in [0.717, 1.165) is 44.9 Å². The fourth-order valence-electron chi connectivity index (χ4n) is 12.0. The summed E-state index contributed by atoms with van der Waals surface area (Å²) in [4.78, 5) is 24.5. The van der Waals surface area contributed by atoms with Crippen LogP contribution in [0.3, 0.4) is 0 Å². The summed E-state index contributed by atoms with van der Waals surface area (Å²) in [7, 11) is 0. The number of carbonyl (C=O) groups excluding carboxylic acids is 2. The molecule has 486 valence electrons. The Balaban J connectivity index is 3.35. The molecule has 0 aliphatic heterocycles. The summed E-state index contributed by atoms with van der Waals surface area (Å²) in [6.45, 7) is 4.91. The Morgan fingerprint density at radius 2 is 0.585 bits per heavy atom. The monoisotopic (exact) mass is 1150 g/mol. The van der Waals surface area contributed by atoms with Crippen molar-refractivity contribution in [3.05, 3.63) is 24.3 Å². The van der Waals surface area contributed by atoms with Gasteiger partial charge in [0.25, 0.3) is 0 Å². The molecule has 0 heterocycles. The molecule has 2 atom stereocenters. The van der Waals surface area contributed by atoms with E-state index >= 15 is 0 Å². The molecule has 6 nitrogen and oxygen atoms in total. The number of aliphatic hydroxyl groups is 2. The zero-order chi connectivity index (χ0) is 59.2. The molecule has 0 aromatic carbocycles. The van der Waals surface area contributed by atoms with Crippen LogP contribution in [-0.4, -0.2) is 47.4 Å². The third kappa shape index (κ3) is 67.5. The van der Waals surface area contributed by atoms with E-state index in [-0.39, 0.29) is 18.5 Å². The first-order valence-electron chi connectivity index (χ1n) is 37.6. The summed E-state index contributed by atoms with van der Waals surface area (Å²) in [5, 5.41) is 23.3. The van der Waals surface area contributed by atoms with Crippen LogP contribution in [0.1, 0.15) is 425 Å². The molecular weight excluding hydrogens is 1010 g/mol. The molecular formula is C76H147NO5. The maximum Gasteiger partial charge on any atom is 0.305 e. The van der Waals surface area contributed by atoms with Crippen molar-refractivity contribution in [3.8, 4) is 0 Å². The first kappa shape index (κ1) is 80.3. The predicted molar refractivity (Wildman–Crippen MR) is 361 cm³/mol. The standard InChI is InChI=1S/C76H147NO5/c1-3-5-7-9-11-13-15-16-17-18-19-33-36-39-42-45-49-52-56-60-64-68-74(79)73(72-78)77-75(80)69-65-61-57-53-50-46-43-40-37-34-31-29-27-25-23-21-20-22-24-26-28-30-32-35-38-41-44-47-51-55-59-63-67-71-82-76(81)70-66-62-58-54-48-14-12-10-8-6-4-2/h10,12,64,68,73-74,78-79H,3-9,11,13-63,65-67,69-72H2,1-2H3,(H,77,80)/b12-10-,68-64+. The Morgan fingerprint density at radius 3 is 0.902 bits per heavy atom. The number of carbonyl (C=O) groups is 2. The Morgan fingerprint density at radius 1 is 0.329 bits per heavy atom. The zero-order valence-electron chi connectivity index (χ0n) is 55.8. The van der Waals surface area contributed by atoms with Crippen molar-refractivity contribution in [1.29, 1.82) is 0 Å². The lowest BCUT2D eigenvalue weighted by atomic mass is 10.0. The molecule has 0 aliphatic rings. The Kier molecular flexibility index (Phi) is 70.4. The van der Waals surface area contributed by atoms with Gasteiger partial charge in [0.1, 0.15) is 0 Å². The van der Waals surface area contributed by atoms with Gasteiger partial charge in [-0.1, -0.05) is 385 Å². The van der Waals surface area contributed by atoms with Crippen molar-refractivity contribution in [1.82, 2.24) is 5.32 Å². The van der Waals surface area contributed by atoms with Crippen molar-refractivity contribution in [2.75, 3.05) is 13.2 Å². The highest BCUT2D eigenvalue weighted by atomic mass is 16.5. The van der Waals surface area contributed by atoms with Crippen LogP contribution in [-0.2, 0) is 14.3 Å². The number of amides is 1. The predicted octanol–water partition coefficient (Wildman–Crippen LogP) is 24.5. The molecule has 0 rings (SSSR count). The largest absolute Gasteiger partial charge is 0.466 e. The van der Waals surface area contributed by atoms with Crippen LogP contribution in [0.25, 0.3) is 0 Å². The average Bonchev–Trinajstić information content (AvgIpc) is 3.48. The molecule has 0 fully saturated rings. The van der Waals surface area contributed by atoms with Crippen molar-refractivity contribution >= 4 is 11.9 Å². The number of rotatable bonds is 71. The Labute approximate surface area is 513 Å². The third-order valence-electron chi connectivity index (χ3n) is 17.7. The van der Waals surface area contributed by atoms with E-state index in [1.54, 1.807) is 6.08 Å². The number of hydrogen-bond donors (Lipinski definition) is 3. The lowest BCUT2D eigenvalue weighted by molar-refractivity contribution is -0.143. The van der Waals surface area contributed by atoms with Crippen LogP contribution < -0.4 is 5.32 Å². The highest BCUT2D eigenvalue weighted by molar-refractivity contribution is 5.76. The van der Waals surface area contributed by atoms with Crippen LogP contribution in [0.5, 0.6) is 0 Å². The summed E-state index contributed by atoms with van der Waals surface area (Å²) in [5.74, 6) is -0.0477. The molecule has 0 spiro atoms. The minimum Gasteiger partial charge on any atom is -0.466 e. The second-order valence-electron chi connectivity index (χ2n) is 26.0. The van der Waals surface area contributed by atoms with E-state index in [0.29, 0.717) is 19.4 Å². The van der Waals surface area contributed by atoms with Gasteiger partial charge < -0.3 is 20.3 Å². The molecule has 0 saturated heterocycles. The number of aliphatic hydroxyl groups excluding tert-OH is 2. The highest BCUT2D eigenvalue weighted by Crippen LogP contribution is 2.20. The summed E-state index contributed by atoms with van der Waals surface area (Å²) in [6, 6.07) is -0.625. The van der Waals surface area contributed by atoms with Gasteiger partial charge in [0, 0.05) is 12.8 Å². The minimum absolute atomic E-state index is 0.0109. The average molecular weight is 1160 g/mol. The lowest BCUT2D eigenvalue weighted by Crippen LogP contribution is -2.45. The maximum absolute atomic E-state index is 12.5. The minimum atomic E-state index is -0.842. The number of nitrogens with one attached hydrogen (secondary N) is 1. The number of esters is 1. The number of ether oxygens (including phenoxy) is 1. The third-order valence-corrected chi connectivity index (χ3v) is 17.7. The molecule has 0 aromatic rings. The molecule has 0 radical (unpaired) electrons. The van der Waals surface area contributed by atoms with Crippen LogP contribution >= 0.6 is 0 Å². The van der Waals surface area contributed by atoms with E-state index in [2.05, 4.69) is 31.3 Å². The van der Waals surface area contributed by atoms with Crippen molar-refractivity contribution < 1.29 is 24.5 Å². The zero-order valence-corrected chi connectivity index (χ0v) is 55.8. The van der Waals surface area contributed by atoms with Crippen LogP contribution in [0, 0.1) is 0 Å². The van der Waals surface area contributed by atoms with Crippen LogP contribution in [0.4, 0.5) is 0 Å². The van der Waals surface area contributed by atoms with E-state index in [4.69, 9.17) is 4.74 Å². The van der Waals surface area contributed by atoms with Gasteiger partial charge in [0.2, 0.25) is 5.91 Å². The smallest absolute Gasteiger partial charge is 0.305 e. The molecule has 1 amide bonds. The van der Waals surface area contributed by atoms with Gasteiger partial charge in [0.15, 0.2) is 0 Å². The molecule has 6 heteroatoms. The van der Waals surface area contributed by atoms with Gasteiger partial charge >= 0.3 is 5.97 Å². The molecule has 2 unspecified atom stereocenters. The molecule has 0 saturated carbocycles. The highest BCUT2D eigenvalue weighted by Gasteiger charge is 2.18. The first-order valence-corrected chi connectivity index (χ1v) is 37.6. The molecule has 0 bridgehead atoms. The fraction of sp³-hybridized carbons (Fsp3) is 0.921. The van der Waals surface area contributed by atoms with Gasteiger partial charge in [-0.05, 0) is 51.4 Å². The van der Waals surface area contributed by atoms with E-state index in [9.17, 15) is 19.8 Å². The maximum atomic E-state index is 12.5. The van der Waals surface area contributed by atoms with Gasteiger partial charge in [-0.2, -0.15) is 0 Å².